The molecule has 0 bridgehead atoms. The standard InChI is InChI=1S/C15H27N5O/c1-5-7-12-19-14(16-4)11(3)15(20-12)18-10-8-13(21)17-9-6-2/h5-10H2,1-4H3,(H,17,21)(H2,16,18,19,20). The first-order valence-corrected chi connectivity index (χ1v) is 7.68. The summed E-state index contributed by atoms with van der Waals surface area (Å²) in [6, 6.07) is 0. The lowest BCUT2D eigenvalue weighted by Gasteiger charge is -2.13. The molecule has 0 saturated carbocycles. The number of anilines is 2. The molecule has 1 aromatic heterocycles. The van der Waals surface area contributed by atoms with Gasteiger partial charge in [0.1, 0.15) is 17.5 Å². The Hall–Kier alpha value is -1.85. The summed E-state index contributed by atoms with van der Waals surface area (Å²) in [5.74, 6) is 2.54. The number of hydrogen-bond donors (Lipinski definition) is 3. The number of hydrogen-bond acceptors (Lipinski definition) is 5. The fourth-order valence-corrected chi connectivity index (χ4v) is 1.96. The van der Waals surface area contributed by atoms with Crippen LogP contribution in [0.5, 0.6) is 0 Å². The fourth-order valence-electron chi connectivity index (χ4n) is 1.96. The number of aromatic nitrogens is 2. The minimum Gasteiger partial charge on any atom is -0.373 e. The molecule has 0 atom stereocenters. The third kappa shape index (κ3) is 5.57. The fraction of sp³-hybridized carbons (Fsp3) is 0.667. The van der Waals surface area contributed by atoms with Crippen LogP contribution in [-0.4, -0.2) is 36.0 Å². The van der Waals surface area contributed by atoms with Crippen LogP contribution in [0.4, 0.5) is 11.6 Å². The highest BCUT2D eigenvalue weighted by Gasteiger charge is 2.10. The molecule has 1 aromatic rings. The zero-order valence-corrected chi connectivity index (χ0v) is 13.5. The van der Waals surface area contributed by atoms with Crippen molar-refractivity contribution < 1.29 is 4.79 Å². The molecule has 118 valence electrons. The van der Waals surface area contributed by atoms with Gasteiger partial charge in [-0.05, 0) is 19.8 Å². The van der Waals surface area contributed by atoms with Crippen molar-refractivity contribution in [1.29, 1.82) is 0 Å². The largest absolute Gasteiger partial charge is 0.373 e. The van der Waals surface area contributed by atoms with Gasteiger partial charge in [0.2, 0.25) is 5.91 Å². The number of aryl methyl sites for hydroxylation is 1. The van der Waals surface area contributed by atoms with Crippen LogP contribution in [0.1, 0.15) is 44.5 Å². The first-order valence-electron chi connectivity index (χ1n) is 7.68. The first kappa shape index (κ1) is 17.2. The van der Waals surface area contributed by atoms with Crippen molar-refractivity contribution in [3.63, 3.8) is 0 Å². The molecule has 0 saturated heterocycles. The van der Waals surface area contributed by atoms with Crippen molar-refractivity contribution in [3.8, 4) is 0 Å². The summed E-state index contributed by atoms with van der Waals surface area (Å²) in [5.41, 5.74) is 0.978. The molecule has 3 N–H and O–H groups in total. The highest BCUT2D eigenvalue weighted by atomic mass is 16.1. The molecule has 0 fully saturated rings. The molecule has 6 nitrogen and oxygen atoms in total. The van der Waals surface area contributed by atoms with Gasteiger partial charge in [-0.1, -0.05) is 13.8 Å². The Bertz CT molecular complexity index is 462. The molecule has 1 rings (SSSR count). The maximum absolute atomic E-state index is 11.6. The van der Waals surface area contributed by atoms with E-state index in [1.54, 1.807) is 0 Å². The molecule has 6 heteroatoms. The van der Waals surface area contributed by atoms with Crippen LogP contribution in [0, 0.1) is 6.92 Å². The Kier molecular flexibility index (Phi) is 7.50. The second-order valence-corrected chi connectivity index (χ2v) is 4.99. The van der Waals surface area contributed by atoms with Gasteiger partial charge in [-0.15, -0.1) is 0 Å². The van der Waals surface area contributed by atoms with Crippen molar-refractivity contribution in [2.45, 2.75) is 46.5 Å². The predicted octanol–water partition coefficient (Wildman–Crippen LogP) is 2.11. The van der Waals surface area contributed by atoms with E-state index in [2.05, 4.69) is 32.8 Å². The van der Waals surface area contributed by atoms with Crippen LogP contribution < -0.4 is 16.0 Å². The van der Waals surface area contributed by atoms with Gasteiger partial charge in [-0.2, -0.15) is 0 Å². The maximum Gasteiger partial charge on any atom is 0.221 e. The lowest BCUT2D eigenvalue weighted by molar-refractivity contribution is -0.120. The van der Waals surface area contributed by atoms with Gasteiger partial charge in [0.15, 0.2) is 0 Å². The summed E-state index contributed by atoms with van der Waals surface area (Å²) >= 11 is 0. The summed E-state index contributed by atoms with van der Waals surface area (Å²) in [6.45, 7) is 7.42. The Labute approximate surface area is 127 Å². The Morgan fingerprint density at radius 3 is 2.43 bits per heavy atom. The van der Waals surface area contributed by atoms with Crippen LogP contribution in [0.2, 0.25) is 0 Å². The average molecular weight is 293 g/mol. The zero-order chi connectivity index (χ0) is 15.7. The number of rotatable bonds is 9. The summed E-state index contributed by atoms with van der Waals surface area (Å²) in [7, 11) is 1.85. The molecule has 1 amide bonds. The maximum atomic E-state index is 11.6. The van der Waals surface area contributed by atoms with E-state index >= 15 is 0 Å². The summed E-state index contributed by atoms with van der Waals surface area (Å²) < 4.78 is 0. The molecule has 0 radical (unpaired) electrons. The van der Waals surface area contributed by atoms with Crippen LogP contribution in [0.25, 0.3) is 0 Å². The van der Waals surface area contributed by atoms with Crippen molar-refractivity contribution in [2.75, 3.05) is 30.8 Å². The van der Waals surface area contributed by atoms with Crippen molar-refractivity contribution in [2.24, 2.45) is 0 Å². The topological polar surface area (TPSA) is 78.9 Å². The van der Waals surface area contributed by atoms with E-state index in [-0.39, 0.29) is 5.91 Å². The van der Waals surface area contributed by atoms with Crippen molar-refractivity contribution in [1.82, 2.24) is 15.3 Å². The van der Waals surface area contributed by atoms with E-state index in [1.165, 1.54) is 0 Å². The van der Waals surface area contributed by atoms with Crippen LogP contribution in [0.15, 0.2) is 0 Å². The number of nitrogens with one attached hydrogen (secondary N) is 3. The van der Waals surface area contributed by atoms with Gasteiger partial charge in [-0.3, -0.25) is 4.79 Å². The Balaban J connectivity index is 2.64. The molecule has 21 heavy (non-hydrogen) atoms. The Morgan fingerprint density at radius 1 is 1.10 bits per heavy atom. The van der Waals surface area contributed by atoms with E-state index in [4.69, 9.17) is 0 Å². The SMILES string of the molecule is CCCNC(=O)CCNc1nc(CCC)nc(NC)c1C. The number of nitrogens with zero attached hydrogens (tertiary/aromatic N) is 2. The second-order valence-electron chi connectivity index (χ2n) is 4.99. The van der Waals surface area contributed by atoms with Crippen LogP contribution in [-0.2, 0) is 11.2 Å². The zero-order valence-electron chi connectivity index (χ0n) is 13.5. The Morgan fingerprint density at radius 2 is 1.81 bits per heavy atom. The molecule has 0 unspecified atom stereocenters. The average Bonchev–Trinajstić information content (AvgIpc) is 2.48. The number of amides is 1. The first-order chi connectivity index (χ1) is 10.1. The molecule has 0 aromatic carbocycles. The molecular weight excluding hydrogens is 266 g/mol. The van der Waals surface area contributed by atoms with Gasteiger partial charge in [-0.25, -0.2) is 9.97 Å². The monoisotopic (exact) mass is 293 g/mol. The van der Waals surface area contributed by atoms with E-state index < -0.39 is 0 Å². The van der Waals surface area contributed by atoms with E-state index in [0.29, 0.717) is 13.0 Å². The molecule has 0 aliphatic rings. The quantitative estimate of drug-likeness (QED) is 0.650. The van der Waals surface area contributed by atoms with Gasteiger partial charge in [0.25, 0.3) is 0 Å². The lowest BCUT2D eigenvalue weighted by atomic mass is 10.2. The van der Waals surface area contributed by atoms with Gasteiger partial charge < -0.3 is 16.0 Å². The third-order valence-electron chi connectivity index (χ3n) is 3.12. The normalized spacial score (nSPS) is 10.3. The van der Waals surface area contributed by atoms with Crippen molar-refractivity contribution in [3.05, 3.63) is 11.4 Å². The summed E-state index contributed by atoms with van der Waals surface area (Å²) in [4.78, 5) is 20.6. The molecule has 1 heterocycles. The van der Waals surface area contributed by atoms with Gasteiger partial charge in [0, 0.05) is 38.5 Å². The third-order valence-corrected chi connectivity index (χ3v) is 3.12. The second kappa shape index (κ2) is 9.15. The van der Waals surface area contributed by atoms with Crippen molar-refractivity contribution >= 4 is 17.5 Å². The van der Waals surface area contributed by atoms with Gasteiger partial charge in [0.05, 0.1) is 0 Å². The molecular formula is C15H27N5O. The predicted molar refractivity (Wildman–Crippen MR) is 86.7 cm³/mol. The smallest absolute Gasteiger partial charge is 0.221 e. The van der Waals surface area contributed by atoms with Crippen LogP contribution in [0.3, 0.4) is 0 Å². The molecule has 0 spiro atoms. The highest BCUT2D eigenvalue weighted by Crippen LogP contribution is 2.20. The number of carbonyl (C=O) groups excluding carboxylic acids is 1. The van der Waals surface area contributed by atoms with Crippen LogP contribution >= 0.6 is 0 Å². The van der Waals surface area contributed by atoms with E-state index in [1.807, 2.05) is 20.9 Å². The number of carbonyl (C=O) groups is 1. The minimum absolute atomic E-state index is 0.0682. The minimum atomic E-state index is 0.0682. The van der Waals surface area contributed by atoms with E-state index in [0.717, 1.165) is 48.8 Å². The van der Waals surface area contributed by atoms with E-state index in [9.17, 15) is 4.79 Å². The summed E-state index contributed by atoms with van der Waals surface area (Å²) in [5, 5.41) is 9.20. The molecule has 0 aliphatic carbocycles. The molecule has 0 aliphatic heterocycles. The lowest BCUT2D eigenvalue weighted by Crippen LogP contribution is -2.26. The van der Waals surface area contributed by atoms with Gasteiger partial charge >= 0.3 is 0 Å². The highest BCUT2D eigenvalue weighted by molar-refractivity contribution is 5.76. The summed E-state index contributed by atoms with van der Waals surface area (Å²) in [6.07, 6.45) is 3.25.